The number of rotatable bonds is 4. The number of hydrogen-bond donors (Lipinski definition) is 2. The number of nitrogens with one attached hydrogen (secondary N) is 1. The quantitative estimate of drug-likeness (QED) is 0.694. The van der Waals surface area contributed by atoms with E-state index in [4.69, 9.17) is 5.11 Å². The molecule has 2 fully saturated rings. The summed E-state index contributed by atoms with van der Waals surface area (Å²) in [6, 6.07) is 5.54. The van der Waals surface area contributed by atoms with Gasteiger partial charge in [-0.15, -0.1) is 0 Å². The summed E-state index contributed by atoms with van der Waals surface area (Å²) in [5.74, 6) is 1.83. The van der Waals surface area contributed by atoms with Crippen LogP contribution in [0.4, 0.5) is 0 Å². The highest BCUT2D eigenvalue weighted by atomic mass is 16.3. The molecule has 7 heteroatoms. The summed E-state index contributed by atoms with van der Waals surface area (Å²) in [7, 11) is 0. The van der Waals surface area contributed by atoms with Crippen LogP contribution in [0.3, 0.4) is 0 Å². The lowest BCUT2D eigenvalue weighted by Gasteiger charge is -2.31. The lowest BCUT2D eigenvalue weighted by atomic mass is 9.93. The summed E-state index contributed by atoms with van der Waals surface area (Å²) >= 11 is 0. The molecular formula is C23H28N4O3. The van der Waals surface area contributed by atoms with Crippen molar-refractivity contribution in [2.45, 2.75) is 50.9 Å². The number of aliphatic hydroxyl groups excluding tert-OH is 1. The minimum atomic E-state index is -0.149. The van der Waals surface area contributed by atoms with Crippen LogP contribution in [0.5, 0.6) is 0 Å². The molecule has 0 atom stereocenters. The van der Waals surface area contributed by atoms with Gasteiger partial charge in [-0.3, -0.25) is 14.0 Å². The topological polar surface area (TPSA) is 90.7 Å². The Morgan fingerprint density at radius 2 is 1.90 bits per heavy atom. The fourth-order valence-corrected chi connectivity index (χ4v) is 5.18. The van der Waals surface area contributed by atoms with E-state index in [1.807, 2.05) is 21.4 Å². The second kappa shape index (κ2) is 7.87. The van der Waals surface area contributed by atoms with E-state index in [-0.39, 0.29) is 18.1 Å². The van der Waals surface area contributed by atoms with E-state index < -0.39 is 0 Å². The van der Waals surface area contributed by atoms with Crippen LogP contribution in [0.2, 0.25) is 0 Å². The molecule has 5 rings (SSSR count). The molecule has 1 aliphatic carbocycles. The Balaban J connectivity index is 1.52. The maximum absolute atomic E-state index is 13.2. The third kappa shape index (κ3) is 3.31. The predicted molar refractivity (Wildman–Crippen MR) is 115 cm³/mol. The molecule has 1 aromatic carbocycles. The van der Waals surface area contributed by atoms with Crippen LogP contribution < -0.4 is 5.56 Å². The fraction of sp³-hybridized carbons (Fsp3) is 0.522. The van der Waals surface area contributed by atoms with Crippen LogP contribution in [0.1, 0.15) is 67.0 Å². The number of carbonyl (C=O) groups is 1. The molecule has 158 valence electrons. The lowest BCUT2D eigenvalue weighted by Crippen LogP contribution is -2.38. The Morgan fingerprint density at radius 3 is 2.63 bits per heavy atom. The molecule has 0 unspecified atom stereocenters. The maximum atomic E-state index is 13.2. The van der Waals surface area contributed by atoms with Crippen molar-refractivity contribution in [1.29, 1.82) is 0 Å². The van der Waals surface area contributed by atoms with Crippen LogP contribution in [0, 0.1) is 5.92 Å². The molecule has 2 aromatic heterocycles. The maximum Gasteiger partial charge on any atom is 0.274 e. The molecule has 3 aromatic rings. The van der Waals surface area contributed by atoms with E-state index in [2.05, 4.69) is 9.97 Å². The van der Waals surface area contributed by atoms with E-state index in [9.17, 15) is 9.59 Å². The van der Waals surface area contributed by atoms with Gasteiger partial charge < -0.3 is 15.0 Å². The first-order valence-electron chi connectivity index (χ1n) is 11.1. The van der Waals surface area contributed by atoms with Gasteiger partial charge in [-0.2, -0.15) is 0 Å². The number of likely N-dealkylation sites (tertiary alicyclic amines) is 1. The Morgan fingerprint density at radius 1 is 1.13 bits per heavy atom. The number of piperidine rings is 1. The molecule has 2 aliphatic rings. The summed E-state index contributed by atoms with van der Waals surface area (Å²) in [6.45, 7) is 1.66. The zero-order valence-corrected chi connectivity index (χ0v) is 17.1. The minimum absolute atomic E-state index is 0.0289. The van der Waals surface area contributed by atoms with Crippen LogP contribution in [-0.2, 0) is 0 Å². The van der Waals surface area contributed by atoms with Gasteiger partial charge in [-0.1, -0.05) is 12.8 Å². The number of imidazole rings is 1. The van der Waals surface area contributed by atoms with Crippen LogP contribution >= 0.6 is 0 Å². The molecule has 3 heterocycles. The Labute approximate surface area is 174 Å². The van der Waals surface area contributed by atoms with Crippen molar-refractivity contribution in [2.75, 3.05) is 19.7 Å². The zero-order valence-electron chi connectivity index (χ0n) is 17.1. The van der Waals surface area contributed by atoms with E-state index in [0.29, 0.717) is 22.9 Å². The van der Waals surface area contributed by atoms with Gasteiger partial charge >= 0.3 is 0 Å². The first kappa shape index (κ1) is 19.3. The second-order valence-corrected chi connectivity index (χ2v) is 8.75. The predicted octanol–water partition coefficient (Wildman–Crippen LogP) is 3.07. The molecule has 1 amide bonds. The molecule has 1 saturated heterocycles. The minimum Gasteiger partial charge on any atom is -0.396 e. The van der Waals surface area contributed by atoms with E-state index in [0.717, 1.165) is 62.1 Å². The van der Waals surface area contributed by atoms with Crippen LogP contribution in [0.15, 0.2) is 29.2 Å². The molecular weight excluding hydrogens is 380 g/mol. The molecule has 30 heavy (non-hydrogen) atoms. The second-order valence-electron chi connectivity index (χ2n) is 8.75. The van der Waals surface area contributed by atoms with Crippen LogP contribution in [-0.4, -0.2) is 50.0 Å². The first-order chi connectivity index (χ1) is 14.7. The summed E-state index contributed by atoms with van der Waals surface area (Å²) in [5, 5.41) is 9.15. The van der Waals surface area contributed by atoms with Crippen molar-refractivity contribution < 1.29 is 9.90 Å². The molecule has 1 aliphatic heterocycles. The average molecular weight is 409 g/mol. The Kier molecular flexibility index (Phi) is 5.06. The third-order valence-corrected chi connectivity index (χ3v) is 6.91. The summed E-state index contributed by atoms with van der Waals surface area (Å²) < 4.78 is 1.97. The molecule has 1 saturated carbocycles. The number of nitrogens with zero attached hydrogens (tertiary/aromatic N) is 3. The first-order valence-corrected chi connectivity index (χ1v) is 11.1. The number of H-pyrrole nitrogens is 1. The number of carbonyl (C=O) groups excluding carboxylic acids is 1. The third-order valence-electron chi connectivity index (χ3n) is 6.91. The number of fused-ring (bicyclic) bond motifs is 3. The summed E-state index contributed by atoms with van der Waals surface area (Å²) in [6.07, 6.45) is 8.91. The normalized spacial score (nSPS) is 18.6. The van der Waals surface area contributed by atoms with E-state index >= 15 is 0 Å². The lowest BCUT2D eigenvalue weighted by molar-refractivity contribution is 0.0678. The standard InChI is InChI=1S/C23H28N4O3/c28-12-9-15-7-10-26(11-8-15)23(30)17-5-6-18-19(13-17)27-20(22(29)25-18)14-24-21(27)16-3-1-2-4-16/h5-6,13-16,28H,1-4,7-12H2,(H,25,29). The average Bonchev–Trinajstić information content (AvgIpc) is 3.44. The molecule has 7 nitrogen and oxygen atoms in total. The van der Waals surface area contributed by atoms with Crippen molar-refractivity contribution in [2.24, 2.45) is 5.92 Å². The highest BCUT2D eigenvalue weighted by molar-refractivity contribution is 5.97. The van der Waals surface area contributed by atoms with Gasteiger partial charge in [0.2, 0.25) is 0 Å². The number of aliphatic hydroxyl groups is 1. The molecule has 0 radical (unpaired) electrons. The SMILES string of the molecule is O=C(c1ccc2[nH]c(=O)c3cnc(C4CCCC4)n3c2c1)N1CCC(CCO)CC1. The molecule has 0 spiro atoms. The Bertz CT molecular complexity index is 1130. The number of amides is 1. The summed E-state index contributed by atoms with van der Waals surface area (Å²) in [4.78, 5) is 35.2. The van der Waals surface area contributed by atoms with Gasteiger partial charge in [-0.25, -0.2) is 4.98 Å². The van der Waals surface area contributed by atoms with Crippen molar-refractivity contribution in [3.8, 4) is 0 Å². The monoisotopic (exact) mass is 408 g/mol. The largest absolute Gasteiger partial charge is 0.396 e. The fourth-order valence-electron chi connectivity index (χ4n) is 5.18. The number of benzene rings is 1. The van der Waals surface area contributed by atoms with Gasteiger partial charge in [0.25, 0.3) is 11.5 Å². The highest BCUT2D eigenvalue weighted by Crippen LogP contribution is 2.34. The molecule has 2 N–H and O–H groups in total. The smallest absolute Gasteiger partial charge is 0.274 e. The number of aromatic nitrogens is 3. The van der Waals surface area contributed by atoms with Gasteiger partial charge in [0.15, 0.2) is 0 Å². The number of aromatic amines is 1. The Hall–Kier alpha value is -2.67. The summed E-state index contributed by atoms with van der Waals surface area (Å²) in [5.41, 5.74) is 2.60. The molecule has 0 bridgehead atoms. The van der Waals surface area contributed by atoms with Gasteiger partial charge in [0.05, 0.1) is 17.2 Å². The van der Waals surface area contributed by atoms with Crippen molar-refractivity contribution in [3.63, 3.8) is 0 Å². The van der Waals surface area contributed by atoms with Gasteiger partial charge in [-0.05, 0) is 56.2 Å². The highest BCUT2D eigenvalue weighted by Gasteiger charge is 2.25. The van der Waals surface area contributed by atoms with Crippen molar-refractivity contribution >= 4 is 22.5 Å². The number of hydrogen-bond acceptors (Lipinski definition) is 4. The van der Waals surface area contributed by atoms with Gasteiger partial charge in [0, 0.05) is 31.2 Å². The van der Waals surface area contributed by atoms with Crippen molar-refractivity contribution in [3.05, 3.63) is 46.1 Å². The zero-order chi connectivity index (χ0) is 20.7. The van der Waals surface area contributed by atoms with E-state index in [1.54, 1.807) is 12.3 Å². The van der Waals surface area contributed by atoms with Crippen molar-refractivity contribution in [1.82, 2.24) is 19.3 Å². The van der Waals surface area contributed by atoms with Gasteiger partial charge in [0.1, 0.15) is 11.3 Å². The van der Waals surface area contributed by atoms with E-state index in [1.165, 1.54) is 12.8 Å². The van der Waals surface area contributed by atoms with Crippen LogP contribution in [0.25, 0.3) is 16.6 Å².